The molecule has 0 aliphatic carbocycles. The molecule has 8 unspecified atom stereocenters. The summed E-state index contributed by atoms with van der Waals surface area (Å²) in [5.41, 5.74) is 0. The zero-order chi connectivity index (χ0) is 19.5. The molecule has 0 radical (unpaired) electrons. The molecule has 1 N–H and O–H groups in total. The summed E-state index contributed by atoms with van der Waals surface area (Å²) in [7, 11) is -0.0830. The number of rotatable bonds is 9. The van der Waals surface area contributed by atoms with E-state index in [4.69, 9.17) is 18.5 Å². The molecular formula is C15H32B2O7P2. The average molecular weight is 408 g/mol. The van der Waals surface area contributed by atoms with Crippen LogP contribution in [-0.2, 0) is 27.7 Å². The van der Waals surface area contributed by atoms with E-state index in [9.17, 15) is 14.2 Å². The molecule has 0 aromatic heterocycles. The van der Waals surface area contributed by atoms with Crippen molar-refractivity contribution in [2.24, 2.45) is 11.8 Å². The lowest BCUT2D eigenvalue weighted by atomic mass is 9.92. The predicted molar refractivity (Wildman–Crippen MR) is 107 cm³/mol. The van der Waals surface area contributed by atoms with E-state index in [1.54, 1.807) is 13.3 Å². The molecule has 11 heteroatoms. The van der Waals surface area contributed by atoms with Gasteiger partial charge in [-0.1, -0.05) is 0 Å². The summed E-state index contributed by atoms with van der Waals surface area (Å²) < 4.78 is 47.7. The van der Waals surface area contributed by atoms with Crippen LogP contribution in [0.15, 0.2) is 0 Å². The Kier molecular flexibility index (Phi) is 8.07. The molecule has 0 bridgehead atoms. The van der Waals surface area contributed by atoms with Crippen LogP contribution in [0.5, 0.6) is 0 Å². The Morgan fingerprint density at radius 1 is 1.00 bits per heavy atom. The maximum atomic E-state index is 12.9. The van der Waals surface area contributed by atoms with Gasteiger partial charge >= 0.3 is 0 Å². The smallest absolute Gasteiger partial charge is 0.200 e. The zero-order valence-corrected chi connectivity index (χ0v) is 18.3. The molecule has 2 saturated heterocycles. The summed E-state index contributed by atoms with van der Waals surface area (Å²) in [5, 5.41) is 9.44. The normalized spacial score (nSPS) is 39.5. The number of aliphatic hydroxyl groups excluding tert-OH is 1. The monoisotopic (exact) mass is 408 g/mol. The molecule has 2 aliphatic rings. The van der Waals surface area contributed by atoms with Crippen molar-refractivity contribution < 1.29 is 32.8 Å². The number of aliphatic hydroxyl groups is 1. The van der Waals surface area contributed by atoms with Gasteiger partial charge in [0.2, 0.25) is 7.37 Å². The maximum Gasteiger partial charge on any atom is 0.200 e. The Morgan fingerprint density at radius 2 is 1.50 bits per heavy atom. The van der Waals surface area contributed by atoms with Crippen LogP contribution in [0.25, 0.3) is 0 Å². The van der Waals surface area contributed by atoms with Gasteiger partial charge in [0.1, 0.15) is 15.7 Å². The fraction of sp³-hybridized carbons (Fsp3) is 1.00. The van der Waals surface area contributed by atoms with Crippen molar-refractivity contribution in [3.63, 3.8) is 0 Å². The maximum absolute atomic E-state index is 12.9. The molecule has 2 rings (SSSR count). The topological polar surface area (TPSA) is 91.3 Å². The van der Waals surface area contributed by atoms with Gasteiger partial charge < -0.3 is 23.6 Å². The van der Waals surface area contributed by atoms with Gasteiger partial charge in [0.15, 0.2) is 7.37 Å². The summed E-state index contributed by atoms with van der Waals surface area (Å²) in [4.78, 5) is 0. The largest absolute Gasteiger partial charge is 0.394 e. The van der Waals surface area contributed by atoms with E-state index in [1.165, 1.54) is 7.11 Å². The molecule has 2 aliphatic heterocycles. The van der Waals surface area contributed by atoms with Gasteiger partial charge in [0, 0.05) is 44.8 Å². The first-order valence-corrected chi connectivity index (χ1v) is 13.8. The third kappa shape index (κ3) is 6.48. The predicted octanol–water partition coefficient (Wildman–Crippen LogP) is 0.186. The lowest BCUT2D eigenvalue weighted by molar-refractivity contribution is 0.0277. The highest BCUT2D eigenvalue weighted by molar-refractivity contribution is 7.58. The summed E-state index contributed by atoms with van der Waals surface area (Å²) in [6.45, 7) is 3.43. The number of ether oxygens (including phenoxy) is 2. The molecule has 26 heavy (non-hydrogen) atoms. The number of hydrogen-bond donors (Lipinski definition) is 1. The minimum absolute atomic E-state index is 0.0365. The van der Waals surface area contributed by atoms with Gasteiger partial charge in [-0.25, -0.2) is 0 Å². The van der Waals surface area contributed by atoms with Crippen LogP contribution in [0.2, 0.25) is 0 Å². The molecule has 0 saturated carbocycles. The Bertz CT molecular complexity index is 564. The van der Waals surface area contributed by atoms with Crippen LogP contribution in [0.3, 0.4) is 0 Å². The second-order valence-corrected chi connectivity index (χ2v) is 13.4. The van der Waals surface area contributed by atoms with Gasteiger partial charge in [-0.05, 0) is 24.7 Å². The standard InChI is InChI=1S/C15H32B2O7P2/c1-21-25(2,19)8-11-5-15(17)24-13(11)7-22-26(3,20)9-10-4-14(16)23-12(10)6-18/h10-15,18H,4-9,16-17H2,1-3H3. The fourth-order valence-electron chi connectivity index (χ4n) is 4.05. The van der Waals surface area contributed by atoms with Crippen molar-refractivity contribution in [1.29, 1.82) is 0 Å². The quantitative estimate of drug-likeness (QED) is 0.430. The van der Waals surface area contributed by atoms with Gasteiger partial charge in [-0.2, -0.15) is 0 Å². The van der Waals surface area contributed by atoms with Crippen LogP contribution < -0.4 is 0 Å². The van der Waals surface area contributed by atoms with Crippen LogP contribution >= 0.6 is 14.7 Å². The zero-order valence-electron chi connectivity index (χ0n) is 16.5. The van der Waals surface area contributed by atoms with Gasteiger partial charge in [-0.15, -0.1) is 0 Å². The van der Waals surface area contributed by atoms with E-state index < -0.39 is 14.7 Å². The first-order chi connectivity index (χ1) is 12.0. The molecule has 0 aromatic rings. The Hall–Kier alpha value is 0.390. The highest BCUT2D eigenvalue weighted by atomic mass is 31.2. The van der Waals surface area contributed by atoms with Crippen molar-refractivity contribution in [2.75, 3.05) is 46.0 Å². The minimum Gasteiger partial charge on any atom is -0.394 e. The number of hydrogen-bond acceptors (Lipinski definition) is 7. The van der Waals surface area contributed by atoms with Gasteiger partial charge in [0.25, 0.3) is 0 Å². The Balaban J connectivity index is 1.90. The summed E-state index contributed by atoms with van der Waals surface area (Å²) in [5.74, 6) is 0.107. The third-order valence-corrected chi connectivity index (χ3v) is 9.08. The molecule has 2 heterocycles. The van der Waals surface area contributed by atoms with Crippen LogP contribution in [0.4, 0.5) is 0 Å². The SMILES string of the molecule is BC1CC(CP(C)(=O)OCC2OC(B)CC2CP(C)(=O)OC)C(CO)O1. The third-order valence-electron chi connectivity index (χ3n) is 5.35. The summed E-state index contributed by atoms with van der Waals surface area (Å²) >= 11 is 0. The van der Waals surface area contributed by atoms with Crippen molar-refractivity contribution in [2.45, 2.75) is 37.1 Å². The van der Waals surface area contributed by atoms with Crippen molar-refractivity contribution in [1.82, 2.24) is 0 Å². The van der Waals surface area contributed by atoms with Crippen LogP contribution in [0, 0.1) is 11.8 Å². The van der Waals surface area contributed by atoms with Crippen molar-refractivity contribution >= 4 is 30.4 Å². The highest BCUT2D eigenvalue weighted by Gasteiger charge is 2.39. The first-order valence-electron chi connectivity index (χ1n) is 9.30. The molecule has 8 atom stereocenters. The molecule has 150 valence electrons. The fourth-order valence-corrected chi connectivity index (χ4v) is 7.24. The highest BCUT2D eigenvalue weighted by Crippen LogP contribution is 2.50. The average Bonchev–Trinajstić information content (AvgIpc) is 3.06. The van der Waals surface area contributed by atoms with E-state index in [-0.39, 0.29) is 49.3 Å². The lowest BCUT2D eigenvalue weighted by Crippen LogP contribution is -2.27. The molecule has 2 fully saturated rings. The molecule has 0 aromatic carbocycles. The van der Waals surface area contributed by atoms with E-state index in [1.807, 2.05) is 15.7 Å². The second kappa shape index (κ2) is 9.26. The summed E-state index contributed by atoms with van der Waals surface area (Å²) in [6, 6.07) is 0.123. The van der Waals surface area contributed by atoms with Crippen LogP contribution in [-0.4, -0.2) is 91.0 Å². The Morgan fingerprint density at radius 3 is 2.04 bits per heavy atom. The van der Waals surface area contributed by atoms with Gasteiger partial charge in [-0.3, -0.25) is 9.13 Å². The molecule has 0 spiro atoms. The summed E-state index contributed by atoms with van der Waals surface area (Å²) in [6.07, 6.45) is 1.90. The first kappa shape index (κ1) is 22.7. The lowest BCUT2D eigenvalue weighted by Gasteiger charge is -2.25. The van der Waals surface area contributed by atoms with E-state index in [2.05, 4.69) is 0 Å². The van der Waals surface area contributed by atoms with Crippen molar-refractivity contribution in [3.8, 4) is 0 Å². The van der Waals surface area contributed by atoms with E-state index >= 15 is 0 Å². The Labute approximate surface area is 158 Å². The van der Waals surface area contributed by atoms with E-state index in [0.717, 1.165) is 12.8 Å². The molecule has 0 amide bonds. The molecule has 7 nitrogen and oxygen atoms in total. The minimum atomic E-state index is -2.85. The van der Waals surface area contributed by atoms with Crippen LogP contribution in [0.1, 0.15) is 12.8 Å². The second-order valence-electron chi connectivity index (χ2n) is 8.02. The van der Waals surface area contributed by atoms with Gasteiger partial charge in [0.05, 0.1) is 25.4 Å². The van der Waals surface area contributed by atoms with E-state index in [0.29, 0.717) is 12.3 Å². The molecular weight excluding hydrogens is 376 g/mol. The van der Waals surface area contributed by atoms with Crippen molar-refractivity contribution in [3.05, 3.63) is 0 Å².